The molecule has 4 heteroatoms. The van der Waals surface area contributed by atoms with Crippen molar-refractivity contribution in [2.45, 2.75) is 12.8 Å². The fourth-order valence-corrected chi connectivity index (χ4v) is 2.73. The predicted molar refractivity (Wildman–Crippen MR) is 71.0 cm³/mol. The summed E-state index contributed by atoms with van der Waals surface area (Å²) < 4.78 is 33.6. The van der Waals surface area contributed by atoms with Gasteiger partial charge in [0, 0.05) is 11.1 Å². The van der Waals surface area contributed by atoms with E-state index in [-0.39, 0.29) is 16.7 Å². The van der Waals surface area contributed by atoms with Crippen LogP contribution in [-0.2, 0) is 10.7 Å². The molecule has 2 aromatic carbocycles. The van der Waals surface area contributed by atoms with Crippen LogP contribution in [0.15, 0.2) is 36.4 Å². The van der Waals surface area contributed by atoms with E-state index in [1.807, 2.05) is 0 Å². The van der Waals surface area contributed by atoms with E-state index in [1.165, 1.54) is 25.3 Å². The van der Waals surface area contributed by atoms with Crippen molar-refractivity contribution in [2.75, 3.05) is 7.11 Å². The van der Waals surface area contributed by atoms with Crippen molar-refractivity contribution in [1.82, 2.24) is 0 Å². The Labute approximate surface area is 115 Å². The number of hydrogen-bond acceptors (Lipinski definition) is 2. The molecule has 1 aliphatic rings. The van der Waals surface area contributed by atoms with Gasteiger partial charge < -0.3 is 4.74 Å². The van der Waals surface area contributed by atoms with Crippen molar-refractivity contribution in [2.24, 2.45) is 0 Å². The minimum atomic E-state index is -3.02. The van der Waals surface area contributed by atoms with E-state index >= 15 is 0 Å². The number of benzene rings is 2. The molecular formula is C16H12F2O2. The molecule has 0 spiro atoms. The summed E-state index contributed by atoms with van der Waals surface area (Å²) in [5, 5.41) is 0. The summed E-state index contributed by atoms with van der Waals surface area (Å²) in [7, 11) is 1.27. The van der Waals surface area contributed by atoms with Gasteiger partial charge in [-0.25, -0.2) is 4.79 Å². The molecule has 102 valence electrons. The number of carbonyl (C=O) groups is 1. The molecule has 2 nitrogen and oxygen atoms in total. The number of ether oxygens (including phenoxy) is 1. The van der Waals surface area contributed by atoms with E-state index in [9.17, 15) is 13.6 Å². The first-order valence-corrected chi connectivity index (χ1v) is 6.18. The Morgan fingerprint density at radius 1 is 1.15 bits per heavy atom. The molecule has 0 bridgehead atoms. The first kappa shape index (κ1) is 12.8. The maximum absolute atomic E-state index is 14.5. The Bertz CT molecular complexity index is 720. The highest BCUT2D eigenvalue weighted by Gasteiger charge is 2.45. The molecule has 0 heterocycles. The smallest absolute Gasteiger partial charge is 0.337 e. The van der Waals surface area contributed by atoms with Crippen LogP contribution in [0, 0.1) is 6.92 Å². The standard InChI is InChI=1S/C16H12F2O2/c1-9-4-3-5-11-12-8-10(15(19)20-2)6-7-13(12)16(17,18)14(9)11/h3-8H,1-2H3. The lowest BCUT2D eigenvalue weighted by Gasteiger charge is -2.14. The Hall–Kier alpha value is -2.23. The Kier molecular flexibility index (Phi) is 2.64. The summed E-state index contributed by atoms with van der Waals surface area (Å²) >= 11 is 0. The normalized spacial score (nSPS) is 14.6. The number of fused-ring (bicyclic) bond motifs is 3. The summed E-state index contributed by atoms with van der Waals surface area (Å²) in [5.74, 6) is -3.55. The molecule has 0 fully saturated rings. The fourth-order valence-electron chi connectivity index (χ4n) is 2.73. The number of methoxy groups -OCH3 is 1. The molecule has 2 aromatic rings. The monoisotopic (exact) mass is 274 g/mol. The van der Waals surface area contributed by atoms with Crippen LogP contribution in [0.4, 0.5) is 8.78 Å². The van der Waals surface area contributed by atoms with E-state index in [1.54, 1.807) is 25.1 Å². The molecule has 0 atom stereocenters. The van der Waals surface area contributed by atoms with E-state index < -0.39 is 11.9 Å². The van der Waals surface area contributed by atoms with Crippen LogP contribution >= 0.6 is 0 Å². The zero-order valence-corrected chi connectivity index (χ0v) is 11.0. The number of carbonyl (C=O) groups excluding carboxylic acids is 1. The van der Waals surface area contributed by atoms with Crippen molar-refractivity contribution >= 4 is 5.97 Å². The van der Waals surface area contributed by atoms with Crippen LogP contribution in [0.5, 0.6) is 0 Å². The molecular weight excluding hydrogens is 262 g/mol. The number of rotatable bonds is 1. The number of aryl methyl sites for hydroxylation is 1. The van der Waals surface area contributed by atoms with Crippen LogP contribution in [0.3, 0.4) is 0 Å². The first-order valence-electron chi connectivity index (χ1n) is 6.18. The van der Waals surface area contributed by atoms with Crippen LogP contribution in [-0.4, -0.2) is 13.1 Å². The van der Waals surface area contributed by atoms with Gasteiger partial charge in [0.05, 0.1) is 12.7 Å². The van der Waals surface area contributed by atoms with Crippen molar-refractivity contribution in [3.05, 3.63) is 58.7 Å². The van der Waals surface area contributed by atoms with Crippen molar-refractivity contribution in [3.8, 4) is 11.1 Å². The van der Waals surface area contributed by atoms with Gasteiger partial charge in [-0.05, 0) is 35.7 Å². The first-order chi connectivity index (χ1) is 9.46. The number of alkyl halides is 2. The summed E-state index contributed by atoms with van der Waals surface area (Å²) in [4.78, 5) is 11.5. The molecule has 0 amide bonds. The minimum absolute atomic E-state index is 0.0250. The third-order valence-electron chi connectivity index (χ3n) is 3.66. The van der Waals surface area contributed by atoms with Crippen LogP contribution in [0.25, 0.3) is 11.1 Å². The Morgan fingerprint density at radius 3 is 2.60 bits per heavy atom. The highest BCUT2D eigenvalue weighted by Crippen LogP contribution is 2.52. The molecule has 0 unspecified atom stereocenters. The number of hydrogen-bond donors (Lipinski definition) is 0. The lowest BCUT2D eigenvalue weighted by Crippen LogP contribution is -2.12. The summed E-state index contributed by atoms with van der Waals surface area (Å²) in [6.07, 6.45) is 0. The van der Waals surface area contributed by atoms with Crippen LogP contribution < -0.4 is 0 Å². The Morgan fingerprint density at radius 2 is 1.90 bits per heavy atom. The number of esters is 1. The van der Waals surface area contributed by atoms with E-state index in [0.29, 0.717) is 16.7 Å². The van der Waals surface area contributed by atoms with E-state index in [0.717, 1.165) is 0 Å². The minimum Gasteiger partial charge on any atom is -0.465 e. The zero-order valence-electron chi connectivity index (χ0n) is 11.0. The van der Waals surface area contributed by atoms with Gasteiger partial charge in [0.25, 0.3) is 5.92 Å². The highest BCUT2D eigenvalue weighted by molar-refractivity contribution is 5.93. The average molecular weight is 274 g/mol. The second-order valence-corrected chi connectivity index (χ2v) is 4.82. The molecule has 0 aliphatic heterocycles. The van der Waals surface area contributed by atoms with E-state index in [4.69, 9.17) is 0 Å². The fraction of sp³-hybridized carbons (Fsp3) is 0.188. The van der Waals surface area contributed by atoms with Gasteiger partial charge >= 0.3 is 5.97 Å². The maximum Gasteiger partial charge on any atom is 0.337 e. The van der Waals surface area contributed by atoms with Gasteiger partial charge in [0.2, 0.25) is 0 Å². The highest BCUT2D eigenvalue weighted by atomic mass is 19.3. The van der Waals surface area contributed by atoms with Gasteiger partial charge in [0.1, 0.15) is 0 Å². The molecule has 0 saturated heterocycles. The van der Waals surface area contributed by atoms with Gasteiger partial charge in [-0.1, -0.05) is 24.3 Å². The summed E-state index contributed by atoms with van der Waals surface area (Å²) in [5.41, 5.74) is 1.67. The molecule has 0 N–H and O–H groups in total. The lowest BCUT2D eigenvalue weighted by atomic mass is 10.0. The topological polar surface area (TPSA) is 26.3 Å². The van der Waals surface area contributed by atoms with Gasteiger partial charge in [-0.3, -0.25) is 0 Å². The largest absolute Gasteiger partial charge is 0.465 e. The summed E-state index contributed by atoms with van der Waals surface area (Å²) in [6, 6.07) is 9.22. The predicted octanol–water partition coefficient (Wildman–Crippen LogP) is 3.90. The quantitative estimate of drug-likeness (QED) is 0.737. The van der Waals surface area contributed by atoms with Crippen LogP contribution in [0.2, 0.25) is 0 Å². The van der Waals surface area contributed by atoms with Crippen molar-refractivity contribution in [3.63, 3.8) is 0 Å². The maximum atomic E-state index is 14.5. The van der Waals surface area contributed by atoms with Crippen molar-refractivity contribution < 1.29 is 18.3 Å². The third-order valence-corrected chi connectivity index (χ3v) is 3.66. The van der Waals surface area contributed by atoms with Gasteiger partial charge in [-0.15, -0.1) is 0 Å². The molecule has 20 heavy (non-hydrogen) atoms. The molecule has 0 aromatic heterocycles. The van der Waals surface area contributed by atoms with E-state index in [2.05, 4.69) is 4.74 Å². The molecule has 3 rings (SSSR count). The lowest BCUT2D eigenvalue weighted by molar-refractivity contribution is 0.0471. The van der Waals surface area contributed by atoms with Gasteiger partial charge in [0.15, 0.2) is 0 Å². The molecule has 1 aliphatic carbocycles. The third kappa shape index (κ3) is 1.57. The average Bonchev–Trinajstić information content (AvgIpc) is 2.67. The molecule has 0 radical (unpaired) electrons. The van der Waals surface area contributed by atoms with Gasteiger partial charge in [-0.2, -0.15) is 8.78 Å². The van der Waals surface area contributed by atoms with Crippen molar-refractivity contribution in [1.29, 1.82) is 0 Å². The second-order valence-electron chi connectivity index (χ2n) is 4.82. The number of halogens is 2. The SMILES string of the molecule is COC(=O)c1ccc2c(c1)-c1cccc(C)c1C2(F)F. The Balaban J connectivity index is 2.29. The second kappa shape index (κ2) is 4.13. The zero-order chi connectivity index (χ0) is 14.5. The summed E-state index contributed by atoms with van der Waals surface area (Å²) in [6.45, 7) is 1.67. The van der Waals surface area contributed by atoms with Crippen LogP contribution in [0.1, 0.15) is 27.0 Å². The molecule has 0 saturated carbocycles.